The smallest absolute Gasteiger partial charge is 0.270 e. The minimum atomic E-state index is -1.23. The molecule has 2 unspecified atom stereocenters. The number of rotatable bonds is 4. The Morgan fingerprint density at radius 2 is 1.87 bits per heavy atom. The molecule has 2 aliphatic heterocycles. The number of piperidine rings is 1. The van der Waals surface area contributed by atoms with Gasteiger partial charge in [0.05, 0.1) is 21.1 Å². The van der Waals surface area contributed by atoms with Gasteiger partial charge in [0, 0.05) is 36.7 Å². The van der Waals surface area contributed by atoms with Gasteiger partial charge < -0.3 is 10.0 Å². The maximum atomic E-state index is 14.1. The Bertz CT molecular complexity index is 1020. The van der Waals surface area contributed by atoms with Gasteiger partial charge in [0.1, 0.15) is 11.6 Å². The molecule has 9 heteroatoms. The lowest BCUT2D eigenvalue weighted by Gasteiger charge is -2.44. The highest BCUT2D eigenvalue weighted by Crippen LogP contribution is 2.43. The highest BCUT2D eigenvalue weighted by Gasteiger charge is 2.49. The zero-order valence-corrected chi connectivity index (χ0v) is 16.6. The van der Waals surface area contributed by atoms with E-state index in [2.05, 4.69) is 0 Å². The lowest BCUT2D eigenvalue weighted by Crippen LogP contribution is -2.54. The summed E-state index contributed by atoms with van der Waals surface area (Å²) in [6.07, 6.45) is 1.82. The Morgan fingerprint density at radius 1 is 1.20 bits per heavy atom. The Kier molecular flexibility index (Phi) is 5.23. The number of nitro benzene ring substituents is 1. The van der Waals surface area contributed by atoms with Gasteiger partial charge >= 0.3 is 0 Å². The van der Waals surface area contributed by atoms with Crippen LogP contribution in [0.15, 0.2) is 36.4 Å². The van der Waals surface area contributed by atoms with E-state index < -0.39 is 28.1 Å². The van der Waals surface area contributed by atoms with Gasteiger partial charge in [-0.2, -0.15) is 0 Å². The molecule has 30 heavy (non-hydrogen) atoms. The molecule has 2 bridgehead atoms. The van der Waals surface area contributed by atoms with Crippen molar-refractivity contribution in [2.45, 2.75) is 49.8 Å². The summed E-state index contributed by atoms with van der Waals surface area (Å²) in [6.45, 7) is 0. The quantitative estimate of drug-likeness (QED) is 0.573. The molecule has 6 nitrogen and oxygen atoms in total. The molecule has 0 saturated carbocycles. The summed E-state index contributed by atoms with van der Waals surface area (Å²) in [5.41, 5.74) is -1.18. The number of benzene rings is 2. The second kappa shape index (κ2) is 7.59. The van der Waals surface area contributed by atoms with E-state index in [1.165, 1.54) is 24.3 Å². The largest absolute Gasteiger partial charge is 0.389 e. The highest BCUT2D eigenvalue weighted by molar-refractivity contribution is 6.34. The molecule has 2 fully saturated rings. The molecule has 0 spiro atoms. The van der Waals surface area contributed by atoms with E-state index in [9.17, 15) is 28.8 Å². The molecule has 0 aliphatic carbocycles. The van der Waals surface area contributed by atoms with Crippen LogP contribution >= 0.6 is 11.6 Å². The third-order valence-corrected chi connectivity index (χ3v) is 6.34. The summed E-state index contributed by atoms with van der Waals surface area (Å²) in [6, 6.07) is 6.41. The minimum absolute atomic E-state index is 0.0196. The number of hydrogen-bond donors (Lipinski definition) is 1. The molecule has 158 valence electrons. The Hall–Kier alpha value is -2.58. The van der Waals surface area contributed by atoms with Crippen LogP contribution < -0.4 is 0 Å². The predicted molar refractivity (Wildman–Crippen MR) is 105 cm³/mol. The van der Waals surface area contributed by atoms with Crippen molar-refractivity contribution < 1.29 is 23.6 Å². The van der Waals surface area contributed by atoms with Crippen molar-refractivity contribution in [3.63, 3.8) is 0 Å². The Labute approximate surface area is 176 Å². The van der Waals surface area contributed by atoms with Crippen molar-refractivity contribution >= 4 is 23.2 Å². The Balaban J connectivity index is 1.56. The third kappa shape index (κ3) is 3.77. The number of amides is 1. The van der Waals surface area contributed by atoms with Crippen LogP contribution in [0.5, 0.6) is 0 Å². The van der Waals surface area contributed by atoms with Crippen LogP contribution in [0.1, 0.15) is 41.6 Å². The standard InChI is InChI=1S/C21H19ClF2N2O4/c22-18-6-5-14(26(29)30)8-17(18)20(27)25-15-3-4-16(25)11-21(28,10-15)9-12-1-2-13(23)7-19(12)24/h1-2,5-8,15-16,28H,3-4,9-11H2. The first-order valence-corrected chi connectivity index (χ1v) is 9.97. The minimum Gasteiger partial charge on any atom is -0.389 e. The summed E-state index contributed by atoms with van der Waals surface area (Å²) in [7, 11) is 0. The van der Waals surface area contributed by atoms with Crippen molar-refractivity contribution in [2.75, 3.05) is 0 Å². The molecule has 1 N–H and O–H groups in total. The number of halogens is 3. The lowest BCUT2D eigenvalue weighted by atomic mass is 9.81. The number of carbonyl (C=O) groups excluding carboxylic acids is 1. The highest BCUT2D eigenvalue weighted by atomic mass is 35.5. The fourth-order valence-electron chi connectivity index (χ4n) is 4.75. The second-order valence-electron chi connectivity index (χ2n) is 8.06. The first kappa shape index (κ1) is 20.7. The van der Waals surface area contributed by atoms with Crippen molar-refractivity contribution in [3.8, 4) is 0 Å². The zero-order valence-electron chi connectivity index (χ0n) is 15.9. The van der Waals surface area contributed by atoms with E-state index >= 15 is 0 Å². The molecular formula is C21H19ClF2N2O4. The molecule has 0 radical (unpaired) electrons. The molecule has 2 aromatic carbocycles. The normalized spacial score (nSPS) is 25.4. The van der Waals surface area contributed by atoms with E-state index in [0.29, 0.717) is 12.8 Å². The molecule has 1 amide bonds. The van der Waals surface area contributed by atoms with Crippen LogP contribution in [-0.2, 0) is 6.42 Å². The zero-order chi connectivity index (χ0) is 21.6. The molecule has 2 aliphatic rings. The number of fused-ring (bicyclic) bond motifs is 2. The Morgan fingerprint density at radius 3 is 2.47 bits per heavy atom. The van der Waals surface area contributed by atoms with Gasteiger partial charge in [-0.05, 0) is 43.4 Å². The van der Waals surface area contributed by atoms with Crippen LogP contribution in [0.25, 0.3) is 0 Å². The first-order chi connectivity index (χ1) is 14.2. The van der Waals surface area contributed by atoms with Crippen molar-refractivity contribution in [3.05, 3.63) is 74.3 Å². The number of hydrogen-bond acceptors (Lipinski definition) is 4. The summed E-state index contributed by atoms with van der Waals surface area (Å²) >= 11 is 6.13. The van der Waals surface area contributed by atoms with Gasteiger partial charge in [-0.1, -0.05) is 17.7 Å². The lowest BCUT2D eigenvalue weighted by molar-refractivity contribution is -0.384. The van der Waals surface area contributed by atoms with E-state index in [4.69, 9.17) is 11.6 Å². The van der Waals surface area contributed by atoms with Gasteiger partial charge in [0.2, 0.25) is 0 Å². The van der Waals surface area contributed by atoms with Crippen LogP contribution in [0.2, 0.25) is 5.02 Å². The fraction of sp³-hybridized carbons (Fsp3) is 0.381. The maximum absolute atomic E-state index is 14.1. The molecule has 2 saturated heterocycles. The summed E-state index contributed by atoms with van der Waals surface area (Å²) in [5, 5.41) is 22.3. The molecular weight excluding hydrogens is 418 g/mol. The van der Waals surface area contributed by atoms with Crippen molar-refractivity contribution in [1.29, 1.82) is 0 Å². The number of nitro groups is 1. The predicted octanol–water partition coefficient (Wildman–Crippen LogP) is 4.27. The van der Waals surface area contributed by atoms with E-state index in [1.807, 2.05) is 0 Å². The molecule has 0 aromatic heterocycles. The van der Waals surface area contributed by atoms with Crippen LogP contribution in [0.4, 0.5) is 14.5 Å². The van der Waals surface area contributed by atoms with Crippen LogP contribution in [0.3, 0.4) is 0 Å². The van der Waals surface area contributed by atoms with Gasteiger partial charge in [0.25, 0.3) is 11.6 Å². The number of non-ortho nitro benzene ring substituents is 1. The maximum Gasteiger partial charge on any atom is 0.270 e. The third-order valence-electron chi connectivity index (χ3n) is 6.01. The van der Waals surface area contributed by atoms with Crippen LogP contribution in [0, 0.1) is 21.7 Å². The second-order valence-corrected chi connectivity index (χ2v) is 8.47. The number of nitrogens with zero attached hydrogens (tertiary/aromatic N) is 2. The fourth-order valence-corrected chi connectivity index (χ4v) is 4.95. The summed E-state index contributed by atoms with van der Waals surface area (Å²) in [5.74, 6) is -1.80. The van der Waals surface area contributed by atoms with Gasteiger partial charge in [0.15, 0.2) is 0 Å². The van der Waals surface area contributed by atoms with E-state index in [-0.39, 0.29) is 53.2 Å². The van der Waals surface area contributed by atoms with Crippen molar-refractivity contribution in [2.24, 2.45) is 0 Å². The number of aliphatic hydroxyl groups is 1. The first-order valence-electron chi connectivity index (χ1n) is 9.60. The average Bonchev–Trinajstić information content (AvgIpc) is 2.96. The topological polar surface area (TPSA) is 83.7 Å². The van der Waals surface area contributed by atoms with Crippen LogP contribution in [-0.4, -0.2) is 38.5 Å². The van der Waals surface area contributed by atoms with Crippen molar-refractivity contribution in [1.82, 2.24) is 4.90 Å². The molecule has 2 aromatic rings. The average molecular weight is 437 g/mol. The van der Waals surface area contributed by atoms with Gasteiger partial charge in [-0.25, -0.2) is 8.78 Å². The molecule has 2 atom stereocenters. The number of carbonyl (C=O) groups is 1. The van der Waals surface area contributed by atoms with E-state index in [0.717, 1.165) is 12.1 Å². The SMILES string of the molecule is O=C(c1cc([N+](=O)[O-])ccc1Cl)N1C2CCC1CC(O)(Cc1ccc(F)cc1F)C2. The van der Waals surface area contributed by atoms with Gasteiger partial charge in [-0.15, -0.1) is 0 Å². The van der Waals surface area contributed by atoms with E-state index in [1.54, 1.807) is 4.90 Å². The summed E-state index contributed by atoms with van der Waals surface area (Å²) in [4.78, 5) is 25.3. The monoisotopic (exact) mass is 436 g/mol. The summed E-state index contributed by atoms with van der Waals surface area (Å²) < 4.78 is 27.2. The molecule has 2 heterocycles. The van der Waals surface area contributed by atoms with Gasteiger partial charge in [-0.3, -0.25) is 14.9 Å². The molecule has 4 rings (SSSR count).